The minimum atomic E-state index is 0.255. The van der Waals surface area contributed by atoms with Gasteiger partial charge in [-0.25, -0.2) is 0 Å². The molecule has 0 radical (unpaired) electrons. The number of hydrogen-bond donors (Lipinski definition) is 0. The lowest BCUT2D eigenvalue weighted by Gasteiger charge is -2.32. The van der Waals surface area contributed by atoms with E-state index in [-0.39, 0.29) is 5.78 Å². The van der Waals surface area contributed by atoms with Crippen molar-refractivity contribution in [2.75, 3.05) is 0 Å². The molecule has 2 atom stereocenters. The molecule has 0 N–H and O–H groups in total. The van der Waals surface area contributed by atoms with E-state index in [0.717, 1.165) is 18.1 Å². The van der Waals surface area contributed by atoms with Gasteiger partial charge in [0.05, 0.1) is 0 Å². The summed E-state index contributed by atoms with van der Waals surface area (Å²) in [5, 5.41) is 0. The Hall–Kier alpha value is -0.920. The standard InChI is InChI=1S/C11H16O.C4H8O/c1-11(2)9-4-3-8(7-9)10(11)5-6-12;1-3-4(2)5/h5-6,8-9H,3-4,7H2,1-2H3;3H2,1-2H3/b10-5+;. The average molecular weight is 236 g/mol. The maximum absolute atomic E-state index is 10.4. The van der Waals surface area contributed by atoms with Gasteiger partial charge in [-0.1, -0.05) is 26.3 Å². The maximum Gasteiger partial charge on any atom is 0.142 e. The van der Waals surface area contributed by atoms with Crippen LogP contribution in [0.4, 0.5) is 0 Å². The lowest BCUT2D eigenvalue weighted by molar-refractivity contribution is -0.116. The number of rotatable bonds is 2. The van der Waals surface area contributed by atoms with Crippen molar-refractivity contribution in [1.82, 2.24) is 0 Å². The zero-order chi connectivity index (χ0) is 13.1. The molecule has 0 amide bonds. The van der Waals surface area contributed by atoms with Crippen LogP contribution in [-0.4, -0.2) is 12.1 Å². The Morgan fingerprint density at radius 2 is 2.00 bits per heavy atom. The fraction of sp³-hybridized carbons (Fsp3) is 0.733. The Morgan fingerprint density at radius 1 is 1.41 bits per heavy atom. The predicted molar refractivity (Wildman–Crippen MR) is 69.7 cm³/mol. The minimum absolute atomic E-state index is 0.255. The fourth-order valence-electron chi connectivity index (χ4n) is 3.11. The molecule has 2 bridgehead atoms. The molecule has 0 saturated heterocycles. The van der Waals surface area contributed by atoms with Gasteiger partial charge >= 0.3 is 0 Å². The smallest absolute Gasteiger partial charge is 0.142 e. The van der Waals surface area contributed by atoms with Crippen LogP contribution in [0, 0.1) is 17.3 Å². The van der Waals surface area contributed by atoms with Gasteiger partial charge in [-0.3, -0.25) is 4.79 Å². The third-order valence-corrected chi connectivity index (χ3v) is 4.38. The molecule has 0 aromatic carbocycles. The van der Waals surface area contributed by atoms with E-state index < -0.39 is 0 Å². The molecule has 0 aromatic heterocycles. The third kappa shape index (κ3) is 3.05. The highest BCUT2D eigenvalue weighted by atomic mass is 16.1. The van der Waals surface area contributed by atoms with Gasteiger partial charge in [0.2, 0.25) is 0 Å². The molecule has 2 heteroatoms. The Labute approximate surface area is 104 Å². The summed E-state index contributed by atoms with van der Waals surface area (Å²) in [6.07, 6.45) is 7.44. The van der Waals surface area contributed by atoms with Crippen molar-refractivity contribution in [2.45, 2.75) is 53.4 Å². The first-order valence-corrected chi connectivity index (χ1v) is 6.58. The molecule has 17 heavy (non-hydrogen) atoms. The molecule has 0 spiro atoms. The summed E-state index contributed by atoms with van der Waals surface area (Å²) in [7, 11) is 0. The van der Waals surface area contributed by atoms with E-state index >= 15 is 0 Å². The van der Waals surface area contributed by atoms with Crippen LogP contribution in [0.2, 0.25) is 0 Å². The van der Waals surface area contributed by atoms with E-state index in [2.05, 4.69) is 13.8 Å². The Kier molecular flexibility index (Phi) is 4.67. The third-order valence-electron chi connectivity index (χ3n) is 4.38. The molecule has 2 saturated carbocycles. The lowest BCUT2D eigenvalue weighted by Crippen LogP contribution is -2.22. The first kappa shape index (κ1) is 14.1. The van der Waals surface area contributed by atoms with Crippen LogP contribution < -0.4 is 0 Å². The maximum atomic E-state index is 10.4. The summed E-state index contributed by atoms with van der Waals surface area (Å²) in [5.41, 5.74) is 1.72. The highest BCUT2D eigenvalue weighted by Gasteiger charge is 2.48. The molecule has 2 aliphatic carbocycles. The van der Waals surface area contributed by atoms with Crippen molar-refractivity contribution < 1.29 is 9.59 Å². The number of fused-ring (bicyclic) bond motifs is 2. The summed E-state index contributed by atoms with van der Waals surface area (Å²) in [4.78, 5) is 20.3. The number of ketones is 1. The summed E-state index contributed by atoms with van der Waals surface area (Å²) in [6.45, 7) is 8.00. The largest absolute Gasteiger partial charge is 0.300 e. The summed E-state index contributed by atoms with van der Waals surface area (Å²) in [6, 6.07) is 0. The van der Waals surface area contributed by atoms with Crippen LogP contribution in [0.3, 0.4) is 0 Å². The molecule has 0 aliphatic heterocycles. The summed E-state index contributed by atoms with van der Waals surface area (Å²) < 4.78 is 0. The second kappa shape index (κ2) is 5.61. The number of carbonyl (C=O) groups excluding carboxylic acids is 2. The summed E-state index contributed by atoms with van der Waals surface area (Å²) in [5.74, 6) is 1.83. The van der Waals surface area contributed by atoms with Crippen LogP contribution in [0.15, 0.2) is 11.6 Å². The van der Waals surface area contributed by atoms with E-state index in [1.54, 1.807) is 6.92 Å². The number of carbonyl (C=O) groups is 2. The van der Waals surface area contributed by atoms with Gasteiger partial charge in [0.1, 0.15) is 12.1 Å². The number of hydrogen-bond acceptors (Lipinski definition) is 2. The SMILES string of the molecule is CC1(C)/C(=C/C=O)C2CCC1C2.CCC(C)=O. The number of allylic oxidation sites excluding steroid dienone is 2. The Bertz CT molecular complexity index is 326. The number of aldehydes is 1. The van der Waals surface area contributed by atoms with Gasteiger partial charge in [-0.15, -0.1) is 0 Å². The van der Waals surface area contributed by atoms with Crippen LogP contribution in [0.25, 0.3) is 0 Å². The molecule has 0 heterocycles. The predicted octanol–water partition coefficient (Wildman–Crippen LogP) is 3.55. The molecule has 2 rings (SSSR count). The highest BCUT2D eigenvalue weighted by molar-refractivity contribution is 5.74. The minimum Gasteiger partial charge on any atom is -0.300 e. The van der Waals surface area contributed by atoms with Crippen molar-refractivity contribution in [2.24, 2.45) is 17.3 Å². The van der Waals surface area contributed by atoms with Gasteiger partial charge < -0.3 is 4.79 Å². The average Bonchev–Trinajstić information content (AvgIpc) is 2.82. The molecule has 2 fully saturated rings. The van der Waals surface area contributed by atoms with E-state index in [9.17, 15) is 9.59 Å². The normalized spacial score (nSPS) is 30.9. The van der Waals surface area contributed by atoms with Gasteiger partial charge in [0.25, 0.3) is 0 Å². The zero-order valence-corrected chi connectivity index (χ0v) is 11.5. The summed E-state index contributed by atoms with van der Waals surface area (Å²) >= 11 is 0. The molecule has 96 valence electrons. The van der Waals surface area contributed by atoms with E-state index in [4.69, 9.17) is 0 Å². The van der Waals surface area contributed by atoms with Gasteiger partial charge in [0, 0.05) is 6.42 Å². The highest BCUT2D eigenvalue weighted by Crippen LogP contribution is 2.58. The van der Waals surface area contributed by atoms with Crippen molar-refractivity contribution in [1.29, 1.82) is 0 Å². The molecule has 2 aliphatic rings. The van der Waals surface area contributed by atoms with Crippen LogP contribution in [0.1, 0.15) is 53.4 Å². The zero-order valence-electron chi connectivity index (χ0n) is 11.5. The Balaban J connectivity index is 0.000000249. The van der Waals surface area contributed by atoms with Gasteiger partial charge in [-0.2, -0.15) is 0 Å². The van der Waals surface area contributed by atoms with E-state index in [0.29, 0.717) is 11.8 Å². The fourth-order valence-corrected chi connectivity index (χ4v) is 3.11. The van der Waals surface area contributed by atoms with Crippen molar-refractivity contribution in [3.63, 3.8) is 0 Å². The van der Waals surface area contributed by atoms with Crippen molar-refractivity contribution in [3.8, 4) is 0 Å². The lowest BCUT2D eigenvalue weighted by atomic mass is 9.73. The van der Waals surface area contributed by atoms with Crippen LogP contribution in [-0.2, 0) is 9.59 Å². The van der Waals surface area contributed by atoms with Crippen molar-refractivity contribution in [3.05, 3.63) is 11.6 Å². The second-order valence-electron chi connectivity index (χ2n) is 5.74. The molecular weight excluding hydrogens is 212 g/mol. The monoisotopic (exact) mass is 236 g/mol. The molecule has 2 nitrogen and oxygen atoms in total. The van der Waals surface area contributed by atoms with Crippen molar-refractivity contribution >= 4 is 12.1 Å². The number of Topliss-reactive ketones (excluding diaryl/α,β-unsaturated/α-hetero) is 1. The first-order valence-electron chi connectivity index (χ1n) is 6.58. The molecule has 0 aromatic rings. The topological polar surface area (TPSA) is 34.1 Å². The van der Waals surface area contributed by atoms with E-state index in [1.165, 1.54) is 24.8 Å². The Morgan fingerprint density at radius 3 is 2.35 bits per heavy atom. The molecule has 2 unspecified atom stereocenters. The molecular formula is C15H24O2. The quantitative estimate of drug-likeness (QED) is 0.542. The van der Waals surface area contributed by atoms with E-state index in [1.807, 2.05) is 13.0 Å². The van der Waals surface area contributed by atoms with Gasteiger partial charge in [-0.05, 0) is 49.5 Å². The van der Waals surface area contributed by atoms with Crippen LogP contribution >= 0.6 is 0 Å². The van der Waals surface area contributed by atoms with Crippen LogP contribution in [0.5, 0.6) is 0 Å². The first-order chi connectivity index (χ1) is 7.93. The second-order valence-corrected chi connectivity index (χ2v) is 5.74. The van der Waals surface area contributed by atoms with Gasteiger partial charge in [0.15, 0.2) is 0 Å².